The molecule has 19 heavy (non-hydrogen) atoms. The summed E-state index contributed by atoms with van der Waals surface area (Å²) in [6.07, 6.45) is 0. The summed E-state index contributed by atoms with van der Waals surface area (Å²) in [6, 6.07) is 6.98. The quantitative estimate of drug-likeness (QED) is 0.847. The fraction of sp³-hybridized carbons (Fsp3) is 0.167. The number of anilines is 1. The van der Waals surface area contributed by atoms with Gasteiger partial charge in [0.15, 0.2) is 0 Å². The lowest BCUT2D eigenvalue weighted by molar-refractivity contribution is 0.603. The standard InChI is InChI=1S/C12H11BrClNO2S2/c1-7-3-4-10(9(13)5-7)15-19(16,17)11-6-8(2)12(14)18-11/h3-6,15H,1-2H3. The molecular formula is C12H11BrClNO2S2. The van der Waals surface area contributed by atoms with Crippen LogP contribution in [0.15, 0.2) is 32.9 Å². The van der Waals surface area contributed by atoms with E-state index < -0.39 is 10.0 Å². The minimum Gasteiger partial charge on any atom is -0.278 e. The number of aryl methyl sites for hydroxylation is 2. The summed E-state index contributed by atoms with van der Waals surface area (Å²) in [4.78, 5) is 0. The molecular weight excluding hydrogens is 370 g/mol. The molecule has 0 aliphatic carbocycles. The van der Waals surface area contributed by atoms with Gasteiger partial charge in [-0.25, -0.2) is 8.42 Å². The van der Waals surface area contributed by atoms with Gasteiger partial charge < -0.3 is 0 Å². The summed E-state index contributed by atoms with van der Waals surface area (Å²) in [6.45, 7) is 3.71. The van der Waals surface area contributed by atoms with Crippen LogP contribution in [-0.4, -0.2) is 8.42 Å². The topological polar surface area (TPSA) is 46.2 Å². The summed E-state index contributed by atoms with van der Waals surface area (Å²) in [5.74, 6) is 0. The molecule has 2 aromatic rings. The Balaban J connectivity index is 2.36. The van der Waals surface area contributed by atoms with Crippen molar-refractivity contribution < 1.29 is 8.42 Å². The molecule has 0 amide bonds. The Hall–Kier alpha value is -0.560. The van der Waals surface area contributed by atoms with Crippen LogP contribution < -0.4 is 4.72 Å². The highest BCUT2D eigenvalue weighted by molar-refractivity contribution is 9.10. The van der Waals surface area contributed by atoms with Crippen LogP contribution in [0.2, 0.25) is 4.34 Å². The zero-order valence-corrected chi connectivity index (χ0v) is 14.2. The van der Waals surface area contributed by atoms with Crippen molar-refractivity contribution >= 4 is 54.6 Å². The third kappa shape index (κ3) is 3.31. The number of hydrogen-bond acceptors (Lipinski definition) is 3. The first-order chi connectivity index (χ1) is 8.79. The number of hydrogen-bond donors (Lipinski definition) is 1. The van der Waals surface area contributed by atoms with E-state index in [2.05, 4.69) is 20.7 Å². The van der Waals surface area contributed by atoms with Gasteiger partial charge in [0.25, 0.3) is 10.0 Å². The summed E-state index contributed by atoms with van der Waals surface area (Å²) < 4.78 is 28.4. The average Bonchev–Trinajstić information content (AvgIpc) is 2.64. The van der Waals surface area contributed by atoms with Crippen molar-refractivity contribution in [1.82, 2.24) is 0 Å². The smallest absolute Gasteiger partial charge is 0.271 e. The van der Waals surface area contributed by atoms with Crippen LogP contribution in [0.3, 0.4) is 0 Å². The normalized spacial score (nSPS) is 11.6. The molecule has 1 aromatic carbocycles. The van der Waals surface area contributed by atoms with Crippen LogP contribution in [0, 0.1) is 13.8 Å². The molecule has 0 radical (unpaired) electrons. The van der Waals surface area contributed by atoms with Crippen molar-refractivity contribution in [2.75, 3.05) is 4.72 Å². The van der Waals surface area contributed by atoms with Crippen molar-refractivity contribution in [2.24, 2.45) is 0 Å². The Morgan fingerprint density at radius 3 is 2.47 bits per heavy atom. The van der Waals surface area contributed by atoms with Gasteiger partial charge in [-0.1, -0.05) is 17.7 Å². The molecule has 0 saturated heterocycles. The highest BCUT2D eigenvalue weighted by atomic mass is 79.9. The second kappa shape index (κ2) is 5.44. The number of rotatable bonds is 3. The maximum absolute atomic E-state index is 12.2. The fourth-order valence-corrected chi connectivity index (χ4v) is 4.97. The molecule has 0 fully saturated rings. The number of nitrogens with one attached hydrogen (secondary N) is 1. The van der Waals surface area contributed by atoms with Gasteiger partial charge in [-0.3, -0.25) is 4.72 Å². The summed E-state index contributed by atoms with van der Waals surface area (Å²) >= 11 is 10.3. The molecule has 0 unspecified atom stereocenters. The SMILES string of the molecule is Cc1ccc(NS(=O)(=O)c2cc(C)c(Cl)s2)c(Br)c1. The van der Waals surface area contributed by atoms with E-state index in [9.17, 15) is 8.42 Å². The lowest BCUT2D eigenvalue weighted by Gasteiger charge is -2.08. The van der Waals surface area contributed by atoms with E-state index >= 15 is 0 Å². The van der Waals surface area contributed by atoms with Gasteiger partial charge in [-0.15, -0.1) is 11.3 Å². The lowest BCUT2D eigenvalue weighted by Crippen LogP contribution is -2.11. The molecule has 0 saturated carbocycles. The predicted octanol–water partition coefficient (Wildman–Crippen LogP) is 4.58. The first kappa shape index (κ1) is 14.8. The molecule has 1 aromatic heterocycles. The molecule has 1 heterocycles. The Morgan fingerprint density at radius 2 is 1.95 bits per heavy atom. The van der Waals surface area contributed by atoms with Gasteiger partial charge in [-0.2, -0.15) is 0 Å². The minimum atomic E-state index is -3.60. The zero-order chi connectivity index (χ0) is 14.2. The third-order valence-corrected chi connectivity index (χ3v) is 6.52. The highest BCUT2D eigenvalue weighted by Crippen LogP contribution is 2.32. The van der Waals surface area contributed by atoms with Gasteiger partial charge in [-0.05, 0) is 59.1 Å². The Morgan fingerprint density at radius 1 is 1.26 bits per heavy atom. The Kier molecular flexibility index (Phi) is 4.25. The predicted molar refractivity (Wildman–Crippen MR) is 83.8 cm³/mol. The van der Waals surface area contributed by atoms with Gasteiger partial charge in [0.2, 0.25) is 0 Å². The molecule has 3 nitrogen and oxygen atoms in total. The van der Waals surface area contributed by atoms with Gasteiger partial charge >= 0.3 is 0 Å². The van der Waals surface area contributed by atoms with Crippen LogP contribution in [0.1, 0.15) is 11.1 Å². The van der Waals surface area contributed by atoms with E-state index in [-0.39, 0.29) is 4.21 Å². The molecule has 0 aliphatic rings. The summed E-state index contributed by atoms with van der Waals surface area (Å²) in [5, 5.41) is 0. The summed E-state index contributed by atoms with van der Waals surface area (Å²) in [7, 11) is -3.60. The van der Waals surface area contributed by atoms with Crippen LogP contribution in [0.4, 0.5) is 5.69 Å². The van der Waals surface area contributed by atoms with Crippen molar-refractivity contribution in [3.63, 3.8) is 0 Å². The van der Waals surface area contributed by atoms with Crippen LogP contribution in [0.5, 0.6) is 0 Å². The largest absolute Gasteiger partial charge is 0.278 e. The monoisotopic (exact) mass is 379 g/mol. The maximum Gasteiger partial charge on any atom is 0.271 e. The number of thiophene rings is 1. The Labute approximate surface area is 129 Å². The molecule has 102 valence electrons. The summed E-state index contributed by atoms with van der Waals surface area (Å²) in [5.41, 5.74) is 2.31. The molecule has 0 aliphatic heterocycles. The fourth-order valence-electron chi connectivity index (χ4n) is 1.46. The van der Waals surface area contributed by atoms with Gasteiger partial charge in [0, 0.05) is 4.47 Å². The number of sulfonamides is 1. The first-order valence-corrected chi connectivity index (χ1v) is 8.81. The van der Waals surface area contributed by atoms with E-state index in [0.29, 0.717) is 14.5 Å². The second-order valence-electron chi connectivity index (χ2n) is 4.11. The molecule has 1 N–H and O–H groups in total. The number of benzene rings is 1. The van der Waals surface area contributed by atoms with Crippen molar-refractivity contribution in [2.45, 2.75) is 18.1 Å². The molecule has 0 bridgehead atoms. The zero-order valence-electron chi connectivity index (χ0n) is 10.2. The van der Waals surface area contributed by atoms with E-state index in [1.165, 1.54) is 0 Å². The van der Waals surface area contributed by atoms with E-state index in [1.54, 1.807) is 19.1 Å². The number of halogens is 2. The maximum atomic E-state index is 12.2. The molecule has 2 rings (SSSR count). The highest BCUT2D eigenvalue weighted by Gasteiger charge is 2.19. The average molecular weight is 381 g/mol. The minimum absolute atomic E-state index is 0.211. The van der Waals surface area contributed by atoms with Gasteiger partial charge in [0.1, 0.15) is 4.21 Å². The van der Waals surface area contributed by atoms with Crippen molar-refractivity contribution in [1.29, 1.82) is 0 Å². The van der Waals surface area contributed by atoms with Crippen LogP contribution in [-0.2, 0) is 10.0 Å². The van der Waals surface area contributed by atoms with Crippen LogP contribution >= 0.6 is 38.9 Å². The van der Waals surface area contributed by atoms with Crippen LogP contribution in [0.25, 0.3) is 0 Å². The van der Waals surface area contributed by atoms with Crippen molar-refractivity contribution in [3.8, 4) is 0 Å². The van der Waals surface area contributed by atoms with E-state index in [4.69, 9.17) is 11.6 Å². The third-order valence-electron chi connectivity index (χ3n) is 2.47. The lowest BCUT2D eigenvalue weighted by atomic mass is 10.2. The van der Waals surface area contributed by atoms with E-state index in [1.807, 2.05) is 19.1 Å². The second-order valence-corrected chi connectivity index (χ2v) is 8.53. The van der Waals surface area contributed by atoms with Crippen molar-refractivity contribution in [3.05, 3.63) is 44.2 Å². The van der Waals surface area contributed by atoms with E-state index in [0.717, 1.165) is 22.5 Å². The molecule has 0 spiro atoms. The van der Waals surface area contributed by atoms with Gasteiger partial charge in [0.05, 0.1) is 10.0 Å². The molecule has 0 atom stereocenters. The Bertz CT molecular complexity index is 706. The first-order valence-electron chi connectivity index (χ1n) is 5.34. The molecule has 7 heteroatoms.